The molecule has 0 radical (unpaired) electrons. The second-order valence-corrected chi connectivity index (χ2v) is 6.05. The molecule has 3 rings (SSSR count). The molecule has 1 aromatic heterocycles. The Bertz CT molecular complexity index is 763. The first-order valence-electron chi connectivity index (χ1n) is 8.04. The molecule has 126 valence electrons. The van der Waals surface area contributed by atoms with Crippen LogP contribution >= 0.6 is 0 Å². The van der Waals surface area contributed by atoms with Crippen molar-refractivity contribution in [2.75, 3.05) is 32.2 Å². The van der Waals surface area contributed by atoms with E-state index in [1.807, 2.05) is 6.07 Å². The number of methoxy groups -OCH3 is 2. The second-order valence-electron chi connectivity index (χ2n) is 6.05. The first kappa shape index (κ1) is 16.2. The van der Waals surface area contributed by atoms with Crippen LogP contribution in [-0.4, -0.2) is 32.3 Å². The third-order valence-corrected chi connectivity index (χ3v) is 4.29. The van der Waals surface area contributed by atoms with Gasteiger partial charge < -0.3 is 18.8 Å². The van der Waals surface area contributed by atoms with E-state index in [1.54, 1.807) is 26.4 Å². The second kappa shape index (κ2) is 6.83. The fraction of sp³-hybridized carbons (Fsp3) is 0.444. The molecule has 1 aliphatic rings. The molecule has 1 unspecified atom stereocenters. The maximum Gasteiger partial charge on any atom is 0.235 e. The number of piperidine rings is 1. The Hall–Kier alpha value is -2.68. The SMILES string of the molecule is COc1ccc(-c2nc(C#N)c(N3CCCC(C)C3)o2)cc1OC. The standard InChI is InChI=1S/C18H21N3O3/c1-12-5-4-8-21(11-12)18-14(10-19)20-17(24-18)13-6-7-15(22-2)16(9-13)23-3/h6-7,9,12H,4-5,8,11H2,1-3H3. The lowest BCUT2D eigenvalue weighted by Gasteiger charge is -2.30. The van der Waals surface area contributed by atoms with Gasteiger partial charge in [-0.25, -0.2) is 0 Å². The van der Waals surface area contributed by atoms with E-state index in [0.29, 0.717) is 34.9 Å². The normalized spacial score (nSPS) is 17.4. The van der Waals surface area contributed by atoms with Gasteiger partial charge in [0.25, 0.3) is 0 Å². The molecule has 0 N–H and O–H groups in total. The van der Waals surface area contributed by atoms with E-state index in [0.717, 1.165) is 25.1 Å². The summed E-state index contributed by atoms with van der Waals surface area (Å²) in [4.78, 5) is 6.48. The van der Waals surface area contributed by atoms with E-state index in [1.165, 1.54) is 6.42 Å². The van der Waals surface area contributed by atoms with Crippen LogP contribution in [0.15, 0.2) is 22.6 Å². The summed E-state index contributed by atoms with van der Waals surface area (Å²) in [7, 11) is 3.17. The summed E-state index contributed by atoms with van der Waals surface area (Å²) in [5.41, 5.74) is 1.08. The number of nitriles is 1. The van der Waals surface area contributed by atoms with Crippen LogP contribution in [0.2, 0.25) is 0 Å². The molecule has 2 aromatic rings. The van der Waals surface area contributed by atoms with Crippen molar-refractivity contribution in [3.8, 4) is 29.0 Å². The highest BCUT2D eigenvalue weighted by Gasteiger charge is 2.24. The van der Waals surface area contributed by atoms with E-state index >= 15 is 0 Å². The number of hydrogen-bond donors (Lipinski definition) is 0. The predicted octanol–water partition coefficient (Wildman–Crippen LogP) is 3.47. The molecule has 0 bridgehead atoms. The average Bonchev–Trinajstić information content (AvgIpc) is 3.05. The van der Waals surface area contributed by atoms with Gasteiger partial charge in [-0.05, 0) is 37.0 Å². The van der Waals surface area contributed by atoms with Gasteiger partial charge in [-0.15, -0.1) is 0 Å². The molecule has 0 saturated carbocycles. The Balaban J connectivity index is 1.97. The van der Waals surface area contributed by atoms with Crippen LogP contribution in [0, 0.1) is 17.2 Å². The van der Waals surface area contributed by atoms with Crippen LogP contribution in [0.5, 0.6) is 11.5 Å². The maximum atomic E-state index is 9.41. The van der Waals surface area contributed by atoms with Gasteiger partial charge in [0.2, 0.25) is 17.5 Å². The zero-order chi connectivity index (χ0) is 17.1. The number of hydrogen-bond acceptors (Lipinski definition) is 6. The van der Waals surface area contributed by atoms with E-state index in [2.05, 4.69) is 22.9 Å². The molecule has 0 spiro atoms. The van der Waals surface area contributed by atoms with Gasteiger partial charge in [-0.3, -0.25) is 0 Å². The lowest BCUT2D eigenvalue weighted by Crippen LogP contribution is -2.34. The summed E-state index contributed by atoms with van der Waals surface area (Å²) in [6.45, 7) is 3.98. The van der Waals surface area contributed by atoms with Crippen molar-refractivity contribution in [2.24, 2.45) is 5.92 Å². The summed E-state index contributed by atoms with van der Waals surface area (Å²) in [6, 6.07) is 7.59. The Morgan fingerprint density at radius 2 is 2.08 bits per heavy atom. The van der Waals surface area contributed by atoms with Gasteiger partial charge in [0.05, 0.1) is 14.2 Å². The van der Waals surface area contributed by atoms with Gasteiger partial charge in [0, 0.05) is 18.7 Å². The fourth-order valence-electron chi connectivity index (χ4n) is 3.07. The zero-order valence-electron chi connectivity index (χ0n) is 14.2. The summed E-state index contributed by atoms with van der Waals surface area (Å²) in [5.74, 6) is 2.80. The number of aromatic nitrogens is 1. The summed E-state index contributed by atoms with van der Waals surface area (Å²) in [6.07, 6.45) is 2.30. The van der Waals surface area contributed by atoms with Gasteiger partial charge in [0.15, 0.2) is 11.5 Å². The van der Waals surface area contributed by atoms with Crippen LogP contribution in [0.1, 0.15) is 25.5 Å². The van der Waals surface area contributed by atoms with Crippen molar-refractivity contribution in [3.63, 3.8) is 0 Å². The number of ether oxygens (including phenoxy) is 2. The minimum Gasteiger partial charge on any atom is -0.493 e. The number of anilines is 1. The van der Waals surface area contributed by atoms with Crippen LogP contribution in [-0.2, 0) is 0 Å². The first-order chi connectivity index (χ1) is 11.7. The molecule has 1 atom stereocenters. The summed E-state index contributed by atoms with van der Waals surface area (Å²) >= 11 is 0. The van der Waals surface area contributed by atoms with Crippen LogP contribution in [0.3, 0.4) is 0 Å². The molecule has 0 aliphatic carbocycles. The van der Waals surface area contributed by atoms with Crippen molar-refractivity contribution < 1.29 is 13.9 Å². The van der Waals surface area contributed by atoms with E-state index in [4.69, 9.17) is 13.9 Å². The molecule has 1 aromatic carbocycles. The highest BCUT2D eigenvalue weighted by molar-refractivity contribution is 5.63. The molecule has 0 amide bonds. The Kier molecular flexibility index (Phi) is 4.61. The molecule has 24 heavy (non-hydrogen) atoms. The van der Waals surface area contributed by atoms with Crippen LogP contribution in [0.4, 0.5) is 5.88 Å². The molecule has 1 aliphatic heterocycles. The van der Waals surface area contributed by atoms with Gasteiger partial charge >= 0.3 is 0 Å². The summed E-state index contributed by atoms with van der Waals surface area (Å²) in [5, 5.41) is 9.41. The Morgan fingerprint density at radius 1 is 1.29 bits per heavy atom. The third-order valence-electron chi connectivity index (χ3n) is 4.29. The van der Waals surface area contributed by atoms with Gasteiger partial charge in [-0.1, -0.05) is 6.92 Å². The topological polar surface area (TPSA) is 71.5 Å². The number of benzene rings is 1. The minimum absolute atomic E-state index is 0.328. The highest BCUT2D eigenvalue weighted by atomic mass is 16.5. The van der Waals surface area contributed by atoms with Crippen molar-refractivity contribution in [3.05, 3.63) is 23.9 Å². The molecule has 6 heteroatoms. The van der Waals surface area contributed by atoms with Crippen LogP contribution in [0.25, 0.3) is 11.5 Å². The Morgan fingerprint density at radius 3 is 2.75 bits per heavy atom. The van der Waals surface area contributed by atoms with Crippen molar-refractivity contribution in [2.45, 2.75) is 19.8 Å². The van der Waals surface area contributed by atoms with Crippen molar-refractivity contribution >= 4 is 5.88 Å². The average molecular weight is 327 g/mol. The molecular formula is C18H21N3O3. The maximum absolute atomic E-state index is 9.41. The van der Waals surface area contributed by atoms with E-state index in [-0.39, 0.29) is 0 Å². The van der Waals surface area contributed by atoms with Gasteiger partial charge in [-0.2, -0.15) is 10.2 Å². The monoisotopic (exact) mass is 327 g/mol. The number of nitrogens with zero attached hydrogens (tertiary/aromatic N) is 3. The number of rotatable bonds is 4. The van der Waals surface area contributed by atoms with Crippen LogP contribution < -0.4 is 14.4 Å². The van der Waals surface area contributed by atoms with E-state index < -0.39 is 0 Å². The molecule has 2 heterocycles. The highest BCUT2D eigenvalue weighted by Crippen LogP contribution is 2.35. The lowest BCUT2D eigenvalue weighted by atomic mass is 10.0. The zero-order valence-corrected chi connectivity index (χ0v) is 14.2. The number of oxazole rings is 1. The molecule has 1 fully saturated rings. The molecule has 1 saturated heterocycles. The Labute approximate surface area is 141 Å². The smallest absolute Gasteiger partial charge is 0.235 e. The summed E-state index contributed by atoms with van der Waals surface area (Å²) < 4.78 is 16.5. The third kappa shape index (κ3) is 3.02. The largest absolute Gasteiger partial charge is 0.493 e. The van der Waals surface area contributed by atoms with Crippen molar-refractivity contribution in [1.82, 2.24) is 4.98 Å². The molecular weight excluding hydrogens is 306 g/mol. The fourth-order valence-corrected chi connectivity index (χ4v) is 3.07. The lowest BCUT2D eigenvalue weighted by molar-refractivity contribution is 0.355. The quantitative estimate of drug-likeness (QED) is 0.856. The minimum atomic E-state index is 0.328. The molecule has 6 nitrogen and oxygen atoms in total. The van der Waals surface area contributed by atoms with Crippen molar-refractivity contribution in [1.29, 1.82) is 5.26 Å². The van der Waals surface area contributed by atoms with Gasteiger partial charge in [0.1, 0.15) is 6.07 Å². The predicted molar refractivity (Wildman–Crippen MR) is 90.4 cm³/mol. The first-order valence-corrected chi connectivity index (χ1v) is 8.04. The van der Waals surface area contributed by atoms with E-state index in [9.17, 15) is 5.26 Å².